The van der Waals surface area contributed by atoms with Crippen LogP contribution in [0.25, 0.3) is 0 Å². The highest BCUT2D eigenvalue weighted by atomic mass is 16.6. The van der Waals surface area contributed by atoms with E-state index >= 15 is 0 Å². The second-order valence-corrected chi connectivity index (χ2v) is 6.15. The Bertz CT molecular complexity index is 593. The minimum atomic E-state index is -0.549. The molecular weight excluding hydrogens is 312 g/mol. The topological polar surface area (TPSA) is 93.7 Å². The van der Waals surface area contributed by atoms with Crippen LogP contribution in [0.4, 0.5) is 10.5 Å². The SMILES string of the molecule is COC(=O)c1cccc(NC(=O)CCCNC(=O)OC(C)(C)C)c1. The quantitative estimate of drug-likeness (QED) is 0.615. The van der Waals surface area contributed by atoms with E-state index in [-0.39, 0.29) is 12.3 Å². The molecule has 0 aliphatic carbocycles. The number of methoxy groups -OCH3 is 1. The molecule has 0 spiro atoms. The van der Waals surface area contributed by atoms with Crippen molar-refractivity contribution in [3.63, 3.8) is 0 Å². The third-order valence-electron chi connectivity index (χ3n) is 2.82. The van der Waals surface area contributed by atoms with Crippen LogP contribution in [0, 0.1) is 0 Å². The number of carbonyl (C=O) groups excluding carboxylic acids is 3. The Labute approximate surface area is 141 Å². The number of hydrogen-bond acceptors (Lipinski definition) is 5. The summed E-state index contributed by atoms with van der Waals surface area (Å²) in [7, 11) is 1.30. The Morgan fingerprint density at radius 1 is 1.17 bits per heavy atom. The van der Waals surface area contributed by atoms with Crippen LogP contribution in [0.15, 0.2) is 24.3 Å². The first-order chi connectivity index (χ1) is 11.2. The fourth-order valence-corrected chi connectivity index (χ4v) is 1.82. The third-order valence-corrected chi connectivity index (χ3v) is 2.82. The lowest BCUT2D eigenvalue weighted by Crippen LogP contribution is -2.33. The summed E-state index contributed by atoms with van der Waals surface area (Å²) in [6.07, 6.45) is 0.203. The van der Waals surface area contributed by atoms with Gasteiger partial charge in [-0.1, -0.05) is 6.07 Å². The van der Waals surface area contributed by atoms with Crippen LogP contribution in [0.5, 0.6) is 0 Å². The van der Waals surface area contributed by atoms with Crippen LogP contribution in [0.2, 0.25) is 0 Å². The Balaban J connectivity index is 2.34. The van der Waals surface area contributed by atoms with Gasteiger partial charge in [0.1, 0.15) is 5.60 Å². The van der Waals surface area contributed by atoms with Crippen molar-refractivity contribution in [1.29, 1.82) is 0 Å². The average Bonchev–Trinajstić information content (AvgIpc) is 2.49. The van der Waals surface area contributed by atoms with Gasteiger partial charge in [0.25, 0.3) is 0 Å². The number of carbonyl (C=O) groups is 3. The molecule has 1 rings (SSSR count). The normalized spacial score (nSPS) is 10.7. The summed E-state index contributed by atoms with van der Waals surface area (Å²) in [5.74, 6) is -0.671. The predicted octanol–water partition coefficient (Wildman–Crippen LogP) is 2.72. The first-order valence-electron chi connectivity index (χ1n) is 7.66. The fraction of sp³-hybridized carbons (Fsp3) is 0.471. The van der Waals surface area contributed by atoms with Crippen molar-refractivity contribution >= 4 is 23.7 Å². The zero-order valence-corrected chi connectivity index (χ0v) is 14.5. The van der Waals surface area contributed by atoms with Crippen LogP contribution in [0.1, 0.15) is 44.0 Å². The number of anilines is 1. The second-order valence-electron chi connectivity index (χ2n) is 6.15. The molecule has 0 fully saturated rings. The van der Waals surface area contributed by atoms with Crippen molar-refractivity contribution in [2.24, 2.45) is 0 Å². The number of hydrogen-bond donors (Lipinski definition) is 2. The molecule has 7 nitrogen and oxygen atoms in total. The summed E-state index contributed by atoms with van der Waals surface area (Å²) in [6.45, 7) is 5.68. The van der Waals surface area contributed by atoms with Crippen molar-refractivity contribution in [1.82, 2.24) is 5.32 Å². The maximum Gasteiger partial charge on any atom is 0.407 e. The van der Waals surface area contributed by atoms with E-state index in [2.05, 4.69) is 15.4 Å². The molecule has 1 aromatic rings. The Morgan fingerprint density at radius 2 is 1.88 bits per heavy atom. The minimum absolute atomic E-state index is 0.206. The Hall–Kier alpha value is -2.57. The summed E-state index contributed by atoms with van der Waals surface area (Å²) in [5.41, 5.74) is 0.330. The number of benzene rings is 1. The fourth-order valence-electron chi connectivity index (χ4n) is 1.82. The molecule has 0 radical (unpaired) electrons. The zero-order chi connectivity index (χ0) is 18.2. The smallest absolute Gasteiger partial charge is 0.407 e. The summed E-state index contributed by atoms with van der Waals surface area (Å²) in [6, 6.07) is 6.49. The third kappa shape index (κ3) is 7.62. The van der Waals surface area contributed by atoms with E-state index in [0.717, 1.165) is 0 Å². The number of esters is 1. The van der Waals surface area contributed by atoms with Crippen molar-refractivity contribution in [2.45, 2.75) is 39.2 Å². The van der Waals surface area contributed by atoms with E-state index in [9.17, 15) is 14.4 Å². The summed E-state index contributed by atoms with van der Waals surface area (Å²) >= 11 is 0. The molecule has 0 aliphatic rings. The predicted molar refractivity (Wildman–Crippen MR) is 89.9 cm³/mol. The summed E-state index contributed by atoms with van der Waals surface area (Å²) in [5, 5.41) is 5.28. The van der Waals surface area contributed by atoms with Gasteiger partial charge in [0.05, 0.1) is 12.7 Å². The van der Waals surface area contributed by atoms with Gasteiger partial charge < -0.3 is 20.1 Å². The monoisotopic (exact) mass is 336 g/mol. The van der Waals surface area contributed by atoms with E-state index in [1.807, 2.05) is 0 Å². The highest BCUT2D eigenvalue weighted by Crippen LogP contribution is 2.12. The number of alkyl carbamates (subject to hydrolysis) is 1. The van der Waals surface area contributed by atoms with Gasteiger partial charge in [0.15, 0.2) is 0 Å². The van der Waals surface area contributed by atoms with E-state index < -0.39 is 17.7 Å². The van der Waals surface area contributed by atoms with Crippen LogP contribution >= 0.6 is 0 Å². The van der Waals surface area contributed by atoms with Crippen LogP contribution < -0.4 is 10.6 Å². The lowest BCUT2D eigenvalue weighted by atomic mass is 10.2. The Morgan fingerprint density at radius 3 is 2.50 bits per heavy atom. The Kier molecular flexibility index (Phi) is 7.23. The van der Waals surface area contributed by atoms with Crippen molar-refractivity contribution in [3.8, 4) is 0 Å². The standard InChI is InChI=1S/C17H24N2O5/c1-17(2,3)24-16(22)18-10-6-9-14(20)19-13-8-5-7-12(11-13)15(21)23-4/h5,7-8,11H,6,9-10H2,1-4H3,(H,18,22)(H,19,20). The molecule has 0 unspecified atom stereocenters. The molecule has 0 saturated carbocycles. The zero-order valence-electron chi connectivity index (χ0n) is 14.5. The molecule has 2 amide bonds. The molecule has 132 valence electrons. The van der Waals surface area contributed by atoms with Crippen molar-refractivity contribution in [2.75, 3.05) is 19.0 Å². The van der Waals surface area contributed by atoms with E-state index in [4.69, 9.17) is 4.74 Å². The summed E-state index contributed by atoms with van der Waals surface area (Å²) < 4.78 is 9.72. The average molecular weight is 336 g/mol. The maximum absolute atomic E-state index is 11.9. The van der Waals surface area contributed by atoms with Crippen LogP contribution in [0.3, 0.4) is 0 Å². The van der Waals surface area contributed by atoms with Gasteiger partial charge in [-0.25, -0.2) is 9.59 Å². The van der Waals surface area contributed by atoms with Gasteiger partial charge in [0.2, 0.25) is 5.91 Å². The maximum atomic E-state index is 11.9. The second kappa shape index (κ2) is 8.90. The molecular formula is C17H24N2O5. The number of amides is 2. The highest BCUT2D eigenvalue weighted by molar-refractivity contribution is 5.94. The molecule has 0 saturated heterocycles. The van der Waals surface area contributed by atoms with Gasteiger partial charge in [-0.3, -0.25) is 4.79 Å². The molecule has 0 aromatic heterocycles. The molecule has 0 atom stereocenters. The van der Waals surface area contributed by atoms with Gasteiger partial charge >= 0.3 is 12.1 Å². The van der Waals surface area contributed by atoms with Crippen molar-refractivity contribution < 1.29 is 23.9 Å². The van der Waals surface area contributed by atoms with Crippen LogP contribution in [-0.2, 0) is 14.3 Å². The molecule has 24 heavy (non-hydrogen) atoms. The first-order valence-corrected chi connectivity index (χ1v) is 7.66. The molecule has 1 aromatic carbocycles. The number of rotatable bonds is 6. The van der Waals surface area contributed by atoms with Gasteiger partial charge in [-0.05, 0) is 45.4 Å². The molecule has 2 N–H and O–H groups in total. The van der Waals surface area contributed by atoms with Crippen molar-refractivity contribution in [3.05, 3.63) is 29.8 Å². The molecule has 0 bridgehead atoms. The molecule has 7 heteroatoms. The van der Waals surface area contributed by atoms with Gasteiger partial charge in [0, 0.05) is 18.7 Å². The van der Waals surface area contributed by atoms with E-state index in [1.165, 1.54) is 7.11 Å². The number of ether oxygens (including phenoxy) is 2. The van der Waals surface area contributed by atoms with E-state index in [0.29, 0.717) is 24.2 Å². The molecule has 0 aliphatic heterocycles. The lowest BCUT2D eigenvalue weighted by Gasteiger charge is -2.19. The van der Waals surface area contributed by atoms with Gasteiger partial charge in [-0.2, -0.15) is 0 Å². The minimum Gasteiger partial charge on any atom is -0.465 e. The number of nitrogens with one attached hydrogen (secondary N) is 2. The van der Waals surface area contributed by atoms with Crippen LogP contribution in [-0.4, -0.2) is 37.2 Å². The van der Waals surface area contributed by atoms with Gasteiger partial charge in [-0.15, -0.1) is 0 Å². The lowest BCUT2D eigenvalue weighted by molar-refractivity contribution is -0.116. The largest absolute Gasteiger partial charge is 0.465 e. The molecule has 0 heterocycles. The van der Waals surface area contributed by atoms with E-state index in [1.54, 1.807) is 45.0 Å². The first kappa shape index (κ1) is 19.5. The summed E-state index contributed by atoms with van der Waals surface area (Å²) in [4.78, 5) is 34.8. The highest BCUT2D eigenvalue weighted by Gasteiger charge is 2.15.